The number of carboxylic acid groups (broad SMARTS) is 1. The van der Waals surface area contributed by atoms with E-state index in [2.05, 4.69) is 0 Å². The van der Waals surface area contributed by atoms with Crippen molar-refractivity contribution in [1.29, 1.82) is 0 Å². The summed E-state index contributed by atoms with van der Waals surface area (Å²) >= 11 is 5.82. The Bertz CT molecular complexity index is 621. The van der Waals surface area contributed by atoms with Gasteiger partial charge in [-0.05, 0) is 30.9 Å². The van der Waals surface area contributed by atoms with Crippen LogP contribution in [0.4, 0.5) is 11.4 Å². The number of carbonyl (C=O) groups is 1. The van der Waals surface area contributed by atoms with Gasteiger partial charge in [-0.2, -0.15) is 0 Å². The second kappa shape index (κ2) is 4.87. The monoisotopic (exact) mass is 310 g/mol. The Morgan fingerprint density at radius 2 is 2.29 bits per heavy atom. The van der Waals surface area contributed by atoms with Crippen LogP contribution in [0.25, 0.3) is 0 Å². The molecule has 1 aliphatic heterocycles. The van der Waals surface area contributed by atoms with Crippen molar-refractivity contribution in [2.24, 2.45) is 11.3 Å². The number of nitro groups is 1. The van der Waals surface area contributed by atoms with Crippen LogP contribution < -0.4 is 4.90 Å². The number of aliphatic carboxylic acids is 1. The largest absolute Gasteiger partial charge is 0.481 e. The van der Waals surface area contributed by atoms with E-state index in [9.17, 15) is 20.0 Å². The Kier molecular flexibility index (Phi) is 3.28. The molecule has 2 fully saturated rings. The van der Waals surface area contributed by atoms with E-state index < -0.39 is 16.3 Å². The number of halogens is 1. The summed E-state index contributed by atoms with van der Waals surface area (Å²) in [5.74, 6) is -0.727. The van der Waals surface area contributed by atoms with Gasteiger partial charge in [-0.1, -0.05) is 18.0 Å². The topological polar surface area (TPSA) is 83.7 Å². The molecule has 2 atom stereocenters. The van der Waals surface area contributed by atoms with Gasteiger partial charge in [0.25, 0.3) is 5.69 Å². The highest BCUT2D eigenvalue weighted by Crippen LogP contribution is 2.50. The van der Waals surface area contributed by atoms with Gasteiger partial charge in [-0.15, -0.1) is 0 Å². The lowest BCUT2D eigenvalue weighted by Crippen LogP contribution is -2.35. The van der Waals surface area contributed by atoms with Gasteiger partial charge in [0.2, 0.25) is 0 Å². The first-order valence-corrected chi connectivity index (χ1v) is 7.24. The molecule has 1 aromatic carbocycles. The van der Waals surface area contributed by atoms with Crippen molar-refractivity contribution in [3.63, 3.8) is 0 Å². The van der Waals surface area contributed by atoms with E-state index in [4.69, 9.17) is 11.6 Å². The minimum atomic E-state index is -0.788. The standard InChI is InChI=1S/C14H15ClN2O4/c15-10-3-4-11(12(6-10)17(20)21)16-7-9-2-1-5-14(9,8-16)13(18)19/h3-4,6,9H,1-2,5,7-8H2,(H,18,19)/t9-,14+/m0/s1. The number of nitro benzene ring substituents is 1. The first kappa shape index (κ1) is 14.1. The van der Waals surface area contributed by atoms with Crippen LogP contribution in [0.3, 0.4) is 0 Å². The number of benzene rings is 1. The normalized spacial score (nSPS) is 27.7. The van der Waals surface area contributed by atoms with Gasteiger partial charge >= 0.3 is 5.97 Å². The first-order chi connectivity index (χ1) is 9.94. The van der Waals surface area contributed by atoms with Crippen molar-refractivity contribution >= 4 is 28.9 Å². The fraction of sp³-hybridized carbons (Fsp3) is 0.500. The van der Waals surface area contributed by atoms with Crippen LogP contribution in [-0.4, -0.2) is 29.1 Å². The molecule has 112 valence electrons. The average molecular weight is 311 g/mol. The molecule has 0 radical (unpaired) electrons. The number of fused-ring (bicyclic) bond motifs is 1. The molecule has 0 spiro atoms. The SMILES string of the molecule is O=C(O)[C@@]12CCC[C@H]1CN(c1ccc(Cl)cc1[N+](=O)[O-])C2. The minimum absolute atomic E-state index is 0.0604. The quantitative estimate of drug-likeness (QED) is 0.685. The highest BCUT2D eigenvalue weighted by Gasteiger charge is 2.55. The molecule has 1 saturated heterocycles. The molecule has 21 heavy (non-hydrogen) atoms. The van der Waals surface area contributed by atoms with Crippen LogP contribution in [0.1, 0.15) is 19.3 Å². The molecular weight excluding hydrogens is 296 g/mol. The zero-order valence-electron chi connectivity index (χ0n) is 11.3. The molecule has 1 saturated carbocycles. The molecule has 1 aliphatic carbocycles. The van der Waals surface area contributed by atoms with E-state index >= 15 is 0 Å². The van der Waals surface area contributed by atoms with Crippen molar-refractivity contribution in [3.8, 4) is 0 Å². The number of anilines is 1. The summed E-state index contributed by atoms with van der Waals surface area (Å²) in [7, 11) is 0. The maximum atomic E-state index is 11.7. The molecule has 0 unspecified atom stereocenters. The highest BCUT2D eigenvalue weighted by molar-refractivity contribution is 6.30. The zero-order valence-corrected chi connectivity index (χ0v) is 12.0. The molecule has 3 rings (SSSR count). The van der Waals surface area contributed by atoms with Crippen LogP contribution in [0.2, 0.25) is 5.02 Å². The van der Waals surface area contributed by atoms with Crippen molar-refractivity contribution in [2.75, 3.05) is 18.0 Å². The van der Waals surface area contributed by atoms with E-state index in [1.54, 1.807) is 12.1 Å². The van der Waals surface area contributed by atoms with Crippen molar-refractivity contribution in [3.05, 3.63) is 33.3 Å². The second-order valence-electron chi connectivity index (χ2n) is 5.82. The van der Waals surface area contributed by atoms with Crippen molar-refractivity contribution < 1.29 is 14.8 Å². The third-order valence-electron chi connectivity index (χ3n) is 4.77. The molecule has 0 aromatic heterocycles. The predicted octanol–water partition coefficient (Wildman–Crippen LogP) is 2.94. The van der Waals surface area contributed by atoms with E-state index in [-0.39, 0.29) is 11.6 Å². The van der Waals surface area contributed by atoms with Gasteiger partial charge in [-0.3, -0.25) is 14.9 Å². The molecule has 6 nitrogen and oxygen atoms in total. The number of nitrogens with zero attached hydrogens (tertiary/aromatic N) is 2. The van der Waals surface area contributed by atoms with E-state index in [0.717, 1.165) is 12.8 Å². The fourth-order valence-electron chi connectivity index (χ4n) is 3.73. The van der Waals surface area contributed by atoms with Gasteiger partial charge in [0.15, 0.2) is 0 Å². The minimum Gasteiger partial charge on any atom is -0.481 e. The summed E-state index contributed by atoms with van der Waals surface area (Å²) in [5.41, 5.74) is -0.365. The molecule has 1 N–H and O–H groups in total. The van der Waals surface area contributed by atoms with Crippen LogP contribution in [0.5, 0.6) is 0 Å². The Hall–Kier alpha value is -1.82. The van der Waals surface area contributed by atoms with E-state index in [1.165, 1.54) is 6.07 Å². The summed E-state index contributed by atoms with van der Waals surface area (Å²) in [6.07, 6.45) is 2.42. The lowest BCUT2D eigenvalue weighted by Gasteiger charge is -2.24. The molecule has 2 aliphatic rings. The molecule has 1 aromatic rings. The Morgan fingerprint density at radius 1 is 1.52 bits per heavy atom. The number of rotatable bonds is 3. The number of hydrogen-bond donors (Lipinski definition) is 1. The fourth-order valence-corrected chi connectivity index (χ4v) is 3.90. The van der Waals surface area contributed by atoms with Gasteiger partial charge in [-0.25, -0.2) is 0 Å². The second-order valence-corrected chi connectivity index (χ2v) is 6.26. The Morgan fingerprint density at radius 3 is 2.90 bits per heavy atom. The lowest BCUT2D eigenvalue weighted by molar-refractivity contribution is -0.384. The Balaban J connectivity index is 1.97. The highest BCUT2D eigenvalue weighted by atomic mass is 35.5. The maximum absolute atomic E-state index is 11.7. The molecule has 0 amide bonds. The predicted molar refractivity (Wildman–Crippen MR) is 77.7 cm³/mol. The van der Waals surface area contributed by atoms with Crippen molar-refractivity contribution in [2.45, 2.75) is 19.3 Å². The summed E-state index contributed by atoms with van der Waals surface area (Å²) in [5, 5.41) is 21.1. The smallest absolute Gasteiger partial charge is 0.311 e. The number of carboxylic acids is 1. The first-order valence-electron chi connectivity index (χ1n) is 6.86. The van der Waals surface area contributed by atoms with Crippen LogP contribution >= 0.6 is 11.6 Å². The summed E-state index contributed by atoms with van der Waals surface area (Å²) in [6, 6.07) is 4.53. The third kappa shape index (κ3) is 2.14. The van der Waals surface area contributed by atoms with E-state index in [1.807, 2.05) is 4.90 Å². The molecular formula is C14H15ClN2O4. The summed E-state index contributed by atoms with van der Waals surface area (Å²) < 4.78 is 0. The Labute approximate surface area is 126 Å². The molecule has 7 heteroatoms. The third-order valence-corrected chi connectivity index (χ3v) is 5.01. The van der Waals surface area contributed by atoms with Crippen LogP contribution in [0, 0.1) is 21.4 Å². The average Bonchev–Trinajstić information content (AvgIpc) is 2.95. The maximum Gasteiger partial charge on any atom is 0.311 e. The van der Waals surface area contributed by atoms with Gasteiger partial charge in [0, 0.05) is 24.2 Å². The molecule has 0 bridgehead atoms. The summed E-state index contributed by atoms with van der Waals surface area (Å²) in [4.78, 5) is 24.2. The van der Waals surface area contributed by atoms with E-state index in [0.29, 0.717) is 30.2 Å². The van der Waals surface area contributed by atoms with Gasteiger partial charge < -0.3 is 10.0 Å². The summed E-state index contributed by atoms with van der Waals surface area (Å²) in [6.45, 7) is 0.879. The van der Waals surface area contributed by atoms with Crippen molar-refractivity contribution in [1.82, 2.24) is 0 Å². The van der Waals surface area contributed by atoms with Gasteiger partial charge in [0.1, 0.15) is 5.69 Å². The lowest BCUT2D eigenvalue weighted by atomic mass is 9.81. The van der Waals surface area contributed by atoms with Crippen LogP contribution in [0.15, 0.2) is 18.2 Å². The molecule has 1 heterocycles. The van der Waals surface area contributed by atoms with Gasteiger partial charge in [0.05, 0.1) is 10.3 Å². The van der Waals surface area contributed by atoms with Crippen LogP contribution in [-0.2, 0) is 4.79 Å². The number of hydrogen-bond acceptors (Lipinski definition) is 4. The zero-order chi connectivity index (χ0) is 15.2.